The van der Waals surface area contributed by atoms with Gasteiger partial charge in [-0.25, -0.2) is 0 Å². The molecule has 0 saturated carbocycles. The zero-order valence-electron chi connectivity index (χ0n) is 15.7. The van der Waals surface area contributed by atoms with Crippen LogP contribution in [-0.2, 0) is 11.3 Å². The predicted octanol–water partition coefficient (Wildman–Crippen LogP) is 4.12. The number of carbonyl (C=O) groups is 1. The van der Waals surface area contributed by atoms with Crippen molar-refractivity contribution in [2.24, 2.45) is 0 Å². The quantitative estimate of drug-likeness (QED) is 0.761. The Morgan fingerprint density at radius 1 is 0.889 bits per heavy atom. The van der Waals surface area contributed by atoms with E-state index in [4.69, 9.17) is 0 Å². The maximum Gasteiger partial charge on any atom is 0.219 e. The zero-order chi connectivity index (χ0) is 18.6. The Morgan fingerprint density at radius 3 is 2.33 bits per heavy atom. The minimum atomic E-state index is 0.169. The van der Waals surface area contributed by atoms with Crippen LogP contribution in [0.4, 0.5) is 11.4 Å². The van der Waals surface area contributed by atoms with Crippen molar-refractivity contribution in [3.05, 3.63) is 72.3 Å². The first-order chi connectivity index (χ1) is 13.2. The summed E-state index contributed by atoms with van der Waals surface area (Å²) in [6.45, 7) is 5.83. The lowest BCUT2D eigenvalue weighted by Gasteiger charge is -2.35. The summed E-state index contributed by atoms with van der Waals surface area (Å²) in [6.07, 6.45) is 0. The van der Waals surface area contributed by atoms with Gasteiger partial charge in [0.25, 0.3) is 0 Å². The van der Waals surface area contributed by atoms with E-state index in [-0.39, 0.29) is 5.91 Å². The van der Waals surface area contributed by atoms with Crippen LogP contribution in [0.3, 0.4) is 0 Å². The molecule has 1 aliphatic heterocycles. The van der Waals surface area contributed by atoms with E-state index in [1.54, 1.807) is 6.92 Å². The van der Waals surface area contributed by atoms with E-state index < -0.39 is 0 Å². The van der Waals surface area contributed by atoms with Gasteiger partial charge in [0.05, 0.1) is 0 Å². The Morgan fingerprint density at radius 2 is 1.59 bits per heavy atom. The number of rotatable bonds is 4. The SMILES string of the molecule is CC(=O)N1CCN(c2ccc(NCc3cccc4ccccc34)cc2)CC1. The second-order valence-electron chi connectivity index (χ2n) is 7.03. The van der Waals surface area contributed by atoms with Crippen LogP contribution < -0.4 is 10.2 Å². The van der Waals surface area contributed by atoms with Gasteiger partial charge in [0.15, 0.2) is 0 Å². The minimum Gasteiger partial charge on any atom is -0.381 e. The first-order valence-corrected chi connectivity index (χ1v) is 9.52. The summed E-state index contributed by atoms with van der Waals surface area (Å²) >= 11 is 0. The fraction of sp³-hybridized carbons (Fsp3) is 0.261. The first kappa shape index (κ1) is 17.4. The molecule has 1 fully saturated rings. The molecule has 4 nitrogen and oxygen atoms in total. The summed E-state index contributed by atoms with van der Waals surface area (Å²) in [5.74, 6) is 0.169. The maximum absolute atomic E-state index is 11.5. The molecule has 1 aliphatic rings. The van der Waals surface area contributed by atoms with E-state index >= 15 is 0 Å². The summed E-state index contributed by atoms with van der Waals surface area (Å²) in [4.78, 5) is 15.7. The highest BCUT2D eigenvalue weighted by Crippen LogP contribution is 2.22. The van der Waals surface area contributed by atoms with Gasteiger partial charge < -0.3 is 15.1 Å². The van der Waals surface area contributed by atoms with Gasteiger partial charge in [-0.15, -0.1) is 0 Å². The molecule has 1 saturated heterocycles. The molecule has 138 valence electrons. The van der Waals surface area contributed by atoms with E-state index in [2.05, 4.69) is 76.9 Å². The van der Waals surface area contributed by atoms with Crippen LogP contribution in [0.1, 0.15) is 12.5 Å². The number of amides is 1. The number of hydrogen-bond acceptors (Lipinski definition) is 3. The second kappa shape index (κ2) is 7.70. The van der Waals surface area contributed by atoms with Crippen molar-refractivity contribution in [2.45, 2.75) is 13.5 Å². The smallest absolute Gasteiger partial charge is 0.219 e. The fourth-order valence-electron chi connectivity index (χ4n) is 3.71. The van der Waals surface area contributed by atoms with Gasteiger partial charge in [-0.1, -0.05) is 42.5 Å². The highest BCUT2D eigenvalue weighted by Gasteiger charge is 2.18. The monoisotopic (exact) mass is 359 g/mol. The molecule has 1 heterocycles. The standard InChI is InChI=1S/C23H25N3O/c1-18(27)25-13-15-26(16-14-25)22-11-9-21(10-12-22)24-17-20-7-4-6-19-5-2-3-8-23(19)20/h2-12,24H,13-17H2,1H3. The van der Waals surface area contributed by atoms with Crippen molar-refractivity contribution in [2.75, 3.05) is 36.4 Å². The molecule has 1 amide bonds. The van der Waals surface area contributed by atoms with Crippen molar-refractivity contribution >= 4 is 28.1 Å². The molecule has 4 rings (SSSR count). The maximum atomic E-state index is 11.5. The van der Waals surface area contributed by atoms with Crippen LogP contribution in [0, 0.1) is 0 Å². The molecular formula is C23H25N3O. The normalized spacial score (nSPS) is 14.4. The van der Waals surface area contributed by atoms with E-state index in [1.165, 1.54) is 22.0 Å². The zero-order valence-corrected chi connectivity index (χ0v) is 15.7. The van der Waals surface area contributed by atoms with Crippen LogP contribution >= 0.6 is 0 Å². The van der Waals surface area contributed by atoms with Gasteiger partial charge in [0, 0.05) is 51.0 Å². The van der Waals surface area contributed by atoms with E-state index in [9.17, 15) is 4.79 Å². The van der Waals surface area contributed by atoms with E-state index in [1.807, 2.05) is 4.90 Å². The fourth-order valence-corrected chi connectivity index (χ4v) is 3.71. The van der Waals surface area contributed by atoms with Crippen molar-refractivity contribution in [1.29, 1.82) is 0 Å². The molecular weight excluding hydrogens is 334 g/mol. The van der Waals surface area contributed by atoms with Crippen LogP contribution in [0.25, 0.3) is 10.8 Å². The third-order valence-corrected chi connectivity index (χ3v) is 5.32. The lowest BCUT2D eigenvalue weighted by atomic mass is 10.0. The molecule has 3 aromatic carbocycles. The summed E-state index contributed by atoms with van der Waals surface area (Å²) in [7, 11) is 0. The summed E-state index contributed by atoms with van der Waals surface area (Å²) < 4.78 is 0. The van der Waals surface area contributed by atoms with Crippen LogP contribution in [-0.4, -0.2) is 37.0 Å². The molecule has 27 heavy (non-hydrogen) atoms. The summed E-state index contributed by atoms with van der Waals surface area (Å²) in [5, 5.41) is 6.11. The topological polar surface area (TPSA) is 35.6 Å². The predicted molar refractivity (Wildman–Crippen MR) is 112 cm³/mol. The number of benzene rings is 3. The molecule has 0 atom stereocenters. The third-order valence-electron chi connectivity index (χ3n) is 5.32. The Labute approximate surface area is 160 Å². The number of hydrogen-bond donors (Lipinski definition) is 1. The lowest BCUT2D eigenvalue weighted by molar-refractivity contribution is -0.129. The van der Waals surface area contributed by atoms with Gasteiger partial charge in [0.2, 0.25) is 5.91 Å². The van der Waals surface area contributed by atoms with Crippen molar-refractivity contribution in [1.82, 2.24) is 4.90 Å². The van der Waals surface area contributed by atoms with Gasteiger partial charge in [0.1, 0.15) is 0 Å². The molecule has 0 unspecified atom stereocenters. The van der Waals surface area contributed by atoms with Gasteiger partial charge in [-0.05, 0) is 40.6 Å². The average molecular weight is 359 g/mol. The molecule has 0 radical (unpaired) electrons. The van der Waals surface area contributed by atoms with Gasteiger partial charge in [-0.3, -0.25) is 4.79 Å². The Balaban J connectivity index is 1.39. The van der Waals surface area contributed by atoms with Crippen molar-refractivity contribution in [3.8, 4) is 0 Å². The lowest BCUT2D eigenvalue weighted by Crippen LogP contribution is -2.48. The Kier molecular flexibility index (Phi) is 4.97. The van der Waals surface area contributed by atoms with Crippen LogP contribution in [0.15, 0.2) is 66.7 Å². The average Bonchev–Trinajstić information content (AvgIpc) is 2.72. The molecule has 0 aliphatic carbocycles. The Bertz CT molecular complexity index is 923. The summed E-state index contributed by atoms with van der Waals surface area (Å²) in [6, 6.07) is 23.5. The second-order valence-corrected chi connectivity index (χ2v) is 7.03. The number of anilines is 2. The molecule has 3 aromatic rings. The van der Waals surface area contributed by atoms with Gasteiger partial charge in [-0.2, -0.15) is 0 Å². The number of carbonyl (C=O) groups excluding carboxylic acids is 1. The number of nitrogens with one attached hydrogen (secondary N) is 1. The number of nitrogens with zero attached hydrogens (tertiary/aromatic N) is 2. The van der Waals surface area contributed by atoms with Crippen LogP contribution in [0.5, 0.6) is 0 Å². The summed E-state index contributed by atoms with van der Waals surface area (Å²) in [5.41, 5.74) is 3.64. The number of piperazine rings is 1. The van der Waals surface area contributed by atoms with Crippen molar-refractivity contribution < 1.29 is 4.79 Å². The highest BCUT2D eigenvalue weighted by atomic mass is 16.2. The largest absolute Gasteiger partial charge is 0.381 e. The van der Waals surface area contributed by atoms with Gasteiger partial charge >= 0.3 is 0 Å². The van der Waals surface area contributed by atoms with Crippen LogP contribution in [0.2, 0.25) is 0 Å². The molecule has 1 N–H and O–H groups in total. The highest BCUT2D eigenvalue weighted by molar-refractivity contribution is 5.85. The third kappa shape index (κ3) is 3.90. The van der Waals surface area contributed by atoms with Crippen molar-refractivity contribution in [3.63, 3.8) is 0 Å². The Hall–Kier alpha value is -3.01. The van der Waals surface area contributed by atoms with E-state index in [0.717, 1.165) is 38.4 Å². The molecule has 0 spiro atoms. The number of fused-ring (bicyclic) bond motifs is 1. The molecule has 4 heteroatoms. The molecule has 0 aromatic heterocycles. The molecule has 0 bridgehead atoms. The first-order valence-electron chi connectivity index (χ1n) is 9.52. The minimum absolute atomic E-state index is 0.169. The van der Waals surface area contributed by atoms with E-state index in [0.29, 0.717) is 0 Å².